The number of benzene rings is 2. The average molecular weight is 283 g/mol. The van der Waals surface area contributed by atoms with E-state index in [1.807, 2.05) is 54.6 Å². The van der Waals surface area contributed by atoms with Gasteiger partial charge >= 0.3 is 5.97 Å². The number of carbonyl (C=O) groups is 1. The Labute approximate surface area is 125 Å². The zero-order valence-electron chi connectivity index (χ0n) is 12.6. The summed E-state index contributed by atoms with van der Waals surface area (Å²) < 4.78 is 0. The highest BCUT2D eigenvalue weighted by molar-refractivity contribution is 5.84. The molecule has 0 aliphatic carbocycles. The Morgan fingerprint density at radius 3 is 2.10 bits per heavy atom. The molecule has 3 nitrogen and oxygen atoms in total. The van der Waals surface area contributed by atoms with E-state index in [1.54, 1.807) is 6.92 Å². The summed E-state index contributed by atoms with van der Waals surface area (Å²) in [5.74, 6) is -0.471. The van der Waals surface area contributed by atoms with Crippen LogP contribution >= 0.6 is 0 Å². The van der Waals surface area contributed by atoms with Crippen LogP contribution in [0.15, 0.2) is 54.6 Å². The van der Waals surface area contributed by atoms with E-state index in [4.69, 9.17) is 0 Å². The molecule has 2 aromatic rings. The summed E-state index contributed by atoms with van der Waals surface area (Å²) >= 11 is 0. The van der Waals surface area contributed by atoms with Crippen LogP contribution < -0.4 is 5.32 Å². The molecule has 110 valence electrons. The summed E-state index contributed by atoms with van der Waals surface area (Å²) in [5.41, 5.74) is 1.57. The first-order valence-corrected chi connectivity index (χ1v) is 7.10. The van der Waals surface area contributed by atoms with Crippen molar-refractivity contribution < 1.29 is 9.90 Å². The fourth-order valence-corrected chi connectivity index (χ4v) is 2.26. The molecule has 0 aliphatic rings. The molecule has 0 aliphatic heterocycles. The lowest BCUT2D eigenvalue weighted by Crippen LogP contribution is -2.40. The van der Waals surface area contributed by atoms with Gasteiger partial charge < -0.3 is 10.4 Å². The molecular formula is C18H21NO2. The van der Waals surface area contributed by atoms with Crippen LogP contribution in [0, 0.1) is 0 Å². The van der Waals surface area contributed by atoms with Crippen LogP contribution in [0.5, 0.6) is 0 Å². The summed E-state index contributed by atoms with van der Waals surface area (Å²) in [7, 11) is 0. The van der Waals surface area contributed by atoms with Crippen LogP contribution in [0.4, 0.5) is 5.69 Å². The van der Waals surface area contributed by atoms with Gasteiger partial charge in [-0.1, -0.05) is 56.3 Å². The molecule has 0 radical (unpaired) electrons. The van der Waals surface area contributed by atoms with Gasteiger partial charge in [0, 0.05) is 5.69 Å². The molecule has 1 unspecified atom stereocenters. The zero-order valence-corrected chi connectivity index (χ0v) is 12.6. The van der Waals surface area contributed by atoms with Crippen molar-refractivity contribution in [3.05, 3.63) is 65.7 Å². The normalized spacial score (nSPS) is 13.7. The van der Waals surface area contributed by atoms with Crippen LogP contribution in [0.25, 0.3) is 0 Å². The quantitative estimate of drug-likeness (QED) is 0.863. The van der Waals surface area contributed by atoms with Gasteiger partial charge in [-0.25, -0.2) is 4.79 Å². The van der Waals surface area contributed by atoms with Gasteiger partial charge in [-0.3, -0.25) is 0 Å². The van der Waals surface area contributed by atoms with Gasteiger partial charge in [0.15, 0.2) is 5.54 Å². The largest absolute Gasteiger partial charge is 0.479 e. The summed E-state index contributed by atoms with van der Waals surface area (Å²) in [6.45, 7) is 5.92. The number of hydrogen-bond acceptors (Lipinski definition) is 2. The highest BCUT2D eigenvalue weighted by atomic mass is 16.4. The van der Waals surface area contributed by atoms with Crippen molar-refractivity contribution >= 4 is 11.7 Å². The van der Waals surface area contributed by atoms with Crippen molar-refractivity contribution in [3.8, 4) is 0 Å². The molecule has 2 N–H and O–H groups in total. The predicted molar refractivity (Wildman–Crippen MR) is 85.6 cm³/mol. The van der Waals surface area contributed by atoms with Crippen molar-refractivity contribution in [3.63, 3.8) is 0 Å². The second-order valence-corrected chi connectivity index (χ2v) is 5.70. The van der Waals surface area contributed by atoms with Crippen molar-refractivity contribution in [1.29, 1.82) is 0 Å². The lowest BCUT2D eigenvalue weighted by molar-refractivity contribution is -0.142. The Morgan fingerprint density at radius 1 is 1.05 bits per heavy atom. The third-order valence-corrected chi connectivity index (χ3v) is 3.75. The predicted octanol–water partition coefficient (Wildman–Crippen LogP) is 4.22. The van der Waals surface area contributed by atoms with E-state index in [2.05, 4.69) is 19.2 Å². The number of anilines is 1. The lowest BCUT2D eigenvalue weighted by Gasteiger charge is -2.28. The fourth-order valence-electron chi connectivity index (χ4n) is 2.26. The van der Waals surface area contributed by atoms with E-state index in [0.717, 1.165) is 11.3 Å². The van der Waals surface area contributed by atoms with E-state index in [0.29, 0.717) is 5.92 Å². The first-order valence-electron chi connectivity index (χ1n) is 7.10. The molecule has 2 aromatic carbocycles. The molecule has 1 atom stereocenters. The van der Waals surface area contributed by atoms with Gasteiger partial charge in [0.1, 0.15) is 0 Å². The first-order chi connectivity index (χ1) is 9.93. The van der Waals surface area contributed by atoms with Crippen LogP contribution in [0.1, 0.15) is 37.8 Å². The molecule has 0 bridgehead atoms. The summed E-state index contributed by atoms with van der Waals surface area (Å²) in [4.78, 5) is 11.8. The minimum absolute atomic E-state index is 0.428. The standard InChI is InChI=1S/C18H21NO2/c1-13(2)14-9-11-15(12-10-14)18(3,17(20)21)19-16-7-5-4-6-8-16/h4-13,19H,1-3H3,(H,20,21). The van der Waals surface area contributed by atoms with Gasteiger partial charge in [-0.15, -0.1) is 0 Å². The molecule has 0 fully saturated rings. The lowest BCUT2D eigenvalue weighted by atomic mass is 9.89. The molecule has 0 aromatic heterocycles. The second kappa shape index (κ2) is 6.00. The first kappa shape index (κ1) is 15.1. The van der Waals surface area contributed by atoms with E-state index >= 15 is 0 Å². The Kier molecular flexibility index (Phi) is 4.32. The Bertz CT molecular complexity index is 605. The molecule has 0 amide bonds. The molecule has 3 heteroatoms. The maximum absolute atomic E-state index is 11.8. The topological polar surface area (TPSA) is 49.3 Å². The number of hydrogen-bond donors (Lipinski definition) is 2. The van der Waals surface area contributed by atoms with Crippen LogP contribution in [-0.4, -0.2) is 11.1 Å². The Hall–Kier alpha value is -2.29. The minimum Gasteiger partial charge on any atom is -0.479 e. The number of rotatable bonds is 5. The third-order valence-electron chi connectivity index (χ3n) is 3.75. The number of para-hydroxylation sites is 1. The van der Waals surface area contributed by atoms with Crippen molar-refractivity contribution in [2.24, 2.45) is 0 Å². The summed E-state index contributed by atoms with van der Waals surface area (Å²) in [6.07, 6.45) is 0. The van der Waals surface area contributed by atoms with E-state index < -0.39 is 11.5 Å². The zero-order chi connectivity index (χ0) is 15.5. The third kappa shape index (κ3) is 3.24. The SMILES string of the molecule is CC(C)c1ccc(C(C)(Nc2ccccc2)C(=O)O)cc1. The van der Waals surface area contributed by atoms with Crippen LogP contribution in [-0.2, 0) is 10.3 Å². The van der Waals surface area contributed by atoms with Gasteiger partial charge in [-0.2, -0.15) is 0 Å². The fraction of sp³-hybridized carbons (Fsp3) is 0.278. The van der Waals surface area contributed by atoms with Gasteiger partial charge in [0.2, 0.25) is 0 Å². The van der Waals surface area contributed by atoms with E-state index in [1.165, 1.54) is 5.56 Å². The number of carboxylic acids is 1. The van der Waals surface area contributed by atoms with Gasteiger partial charge in [0.05, 0.1) is 0 Å². The smallest absolute Gasteiger partial charge is 0.333 e. The van der Waals surface area contributed by atoms with Crippen LogP contribution in [0.3, 0.4) is 0 Å². The average Bonchev–Trinajstić information content (AvgIpc) is 2.48. The summed E-state index contributed by atoms with van der Waals surface area (Å²) in [5, 5.41) is 12.8. The van der Waals surface area contributed by atoms with Crippen molar-refractivity contribution in [1.82, 2.24) is 0 Å². The number of carboxylic acid groups (broad SMARTS) is 1. The highest BCUT2D eigenvalue weighted by Gasteiger charge is 2.35. The van der Waals surface area contributed by atoms with Gasteiger partial charge in [0.25, 0.3) is 0 Å². The number of nitrogens with one attached hydrogen (secondary N) is 1. The maximum Gasteiger partial charge on any atom is 0.333 e. The molecule has 21 heavy (non-hydrogen) atoms. The summed E-state index contributed by atoms with van der Waals surface area (Å²) in [6, 6.07) is 17.2. The second-order valence-electron chi connectivity index (χ2n) is 5.70. The molecular weight excluding hydrogens is 262 g/mol. The molecule has 0 saturated heterocycles. The van der Waals surface area contributed by atoms with E-state index in [9.17, 15) is 9.90 Å². The monoisotopic (exact) mass is 283 g/mol. The minimum atomic E-state index is -1.16. The molecule has 0 heterocycles. The Balaban J connectivity index is 2.35. The van der Waals surface area contributed by atoms with Crippen molar-refractivity contribution in [2.45, 2.75) is 32.2 Å². The van der Waals surface area contributed by atoms with Gasteiger partial charge in [-0.05, 0) is 36.1 Å². The molecule has 0 saturated carbocycles. The molecule has 0 spiro atoms. The number of aliphatic carboxylic acids is 1. The maximum atomic E-state index is 11.8. The van der Waals surface area contributed by atoms with Crippen molar-refractivity contribution in [2.75, 3.05) is 5.32 Å². The molecule has 2 rings (SSSR count). The highest BCUT2D eigenvalue weighted by Crippen LogP contribution is 2.28. The Morgan fingerprint density at radius 2 is 1.62 bits per heavy atom. The van der Waals surface area contributed by atoms with E-state index in [-0.39, 0.29) is 0 Å². The van der Waals surface area contributed by atoms with Crippen LogP contribution in [0.2, 0.25) is 0 Å².